The lowest BCUT2D eigenvalue weighted by Gasteiger charge is -2.18. The molecule has 0 radical (unpaired) electrons. The molecule has 1 aliphatic heterocycles. The van der Waals surface area contributed by atoms with Crippen molar-refractivity contribution in [3.05, 3.63) is 39.3 Å². The molecule has 3 rings (SSSR count). The Labute approximate surface area is 130 Å². The smallest absolute Gasteiger partial charge is 0.238 e. The van der Waals surface area contributed by atoms with Crippen LogP contribution in [0.2, 0.25) is 5.02 Å². The summed E-state index contributed by atoms with van der Waals surface area (Å²) in [5.74, 6) is -0.639. The molecule has 0 saturated carbocycles. The van der Waals surface area contributed by atoms with Gasteiger partial charge in [-0.25, -0.2) is 4.90 Å². The molecule has 2 amide bonds. The standard InChI is InChI=1S/C15H13BrClNO2/c1-8-6-11(16)12(17)7-13(8)18-14(19)9-4-2-3-5-10(9)15(18)20/h2-3,6-7,9-10H,4-5H2,1H3/t9-,10-/m1/s1. The Balaban J connectivity index is 2.05. The number of hydrogen-bond acceptors (Lipinski definition) is 2. The monoisotopic (exact) mass is 353 g/mol. The third kappa shape index (κ3) is 2.02. The molecule has 0 spiro atoms. The molecule has 1 fully saturated rings. The Morgan fingerprint density at radius 2 is 1.70 bits per heavy atom. The van der Waals surface area contributed by atoms with Crippen LogP contribution >= 0.6 is 27.5 Å². The molecule has 1 aromatic carbocycles. The van der Waals surface area contributed by atoms with E-state index in [0.717, 1.165) is 10.0 Å². The molecular weight excluding hydrogens is 342 g/mol. The number of benzene rings is 1. The minimum atomic E-state index is -0.214. The Bertz CT molecular complexity index is 615. The second kappa shape index (κ2) is 5.01. The lowest BCUT2D eigenvalue weighted by atomic mass is 9.85. The number of carbonyl (C=O) groups is 2. The summed E-state index contributed by atoms with van der Waals surface area (Å²) in [5, 5.41) is 0.499. The van der Waals surface area contributed by atoms with Crippen molar-refractivity contribution >= 4 is 45.0 Å². The number of anilines is 1. The quantitative estimate of drug-likeness (QED) is 0.567. The van der Waals surface area contributed by atoms with E-state index in [1.807, 2.05) is 25.1 Å². The molecule has 1 saturated heterocycles. The first-order chi connectivity index (χ1) is 9.50. The first kappa shape index (κ1) is 13.8. The van der Waals surface area contributed by atoms with Gasteiger partial charge in [-0.05, 0) is 53.4 Å². The van der Waals surface area contributed by atoms with E-state index in [4.69, 9.17) is 11.6 Å². The van der Waals surface area contributed by atoms with Gasteiger partial charge in [-0.2, -0.15) is 0 Å². The first-order valence-corrected chi connectivity index (χ1v) is 7.66. The summed E-state index contributed by atoms with van der Waals surface area (Å²) in [6.45, 7) is 1.87. The van der Waals surface area contributed by atoms with E-state index in [9.17, 15) is 9.59 Å². The number of fused-ring (bicyclic) bond motifs is 1. The fraction of sp³-hybridized carbons (Fsp3) is 0.333. The maximum atomic E-state index is 12.5. The van der Waals surface area contributed by atoms with Crippen molar-refractivity contribution in [3.8, 4) is 0 Å². The van der Waals surface area contributed by atoms with Gasteiger partial charge in [0.15, 0.2) is 0 Å². The minimum Gasteiger partial charge on any atom is -0.274 e. The van der Waals surface area contributed by atoms with Crippen LogP contribution in [-0.2, 0) is 9.59 Å². The maximum Gasteiger partial charge on any atom is 0.238 e. The summed E-state index contributed by atoms with van der Waals surface area (Å²) >= 11 is 9.45. The van der Waals surface area contributed by atoms with E-state index in [0.29, 0.717) is 23.6 Å². The molecule has 1 aromatic rings. The van der Waals surface area contributed by atoms with Crippen molar-refractivity contribution in [2.75, 3.05) is 4.90 Å². The van der Waals surface area contributed by atoms with Gasteiger partial charge in [0.1, 0.15) is 0 Å². The molecule has 20 heavy (non-hydrogen) atoms. The molecule has 3 nitrogen and oxygen atoms in total. The molecule has 1 aliphatic carbocycles. The summed E-state index contributed by atoms with van der Waals surface area (Å²) < 4.78 is 0.763. The molecule has 0 unspecified atom stereocenters. The van der Waals surface area contributed by atoms with Gasteiger partial charge in [0.25, 0.3) is 0 Å². The highest BCUT2D eigenvalue weighted by atomic mass is 79.9. The Morgan fingerprint density at radius 3 is 2.25 bits per heavy atom. The van der Waals surface area contributed by atoms with E-state index >= 15 is 0 Å². The number of allylic oxidation sites excluding steroid dienone is 2. The fourth-order valence-electron chi connectivity index (χ4n) is 2.91. The molecule has 104 valence electrons. The maximum absolute atomic E-state index is 12.5. The largest absolute Gasteiger partial charge is 0.274 e. The second-order valence-corrected chi connectivity index (χ2v) is 6.48. The van der Waals surface area contributed by atoms with Crippen molar-refractivity contribution in [2.24, 2.45) is 11.8 Å². The van der Waals surface area contributed by atoms with Gasteiger partial charge >= 0.3 is 0 Å². The summed E-state index contributed by atoms with van der Waals surface area (Å²) in [5.41, 5.74) is 1.46. The normalized spacial score (nSPS) is 25.2. The van der Waals surface area contributed by atoms with E-state index in [2.05, 4.69) is 15.9 Å². The zero-order valence-electron chi connectivity index (χ0n) is 10.9. The van der Waals surface area contributed by atoms with Gasteiger partial charge in [-0.3, -0.25) is 9.59 Å². The van der Waals surface area contributed by atoms with E-state index in [1.165, 1.54) is 4.90 Å². The number of hydrogen-bond donors (Lipinski definition) is 0. The molecule has 0 bridgehead atoms. The zero-order chi connectivity index (χ0) is 14.4. The number of halogens is 2. The van der Waals surface area contributed by atoms with E-state index < -0.39 is 0 Å². The highest BCUT2D eigenvalue weighted by Gasteiger charge is 2.48. The summed E-state index contributed by atoms with van der Waals surface area (Å²) in [6.07, 6.45) is 5.26. The van der Waals surface area contributed by atoms with Gasteiger partial charge in [-0.1, -0.05) is 23.8 Å². The number of rotatable bonds is 1. The van der Waals surface area contributed by atoms with Crippen LogP contribution in [0.1, 0.15) is 18.4 Å². The molecule has 2 atom stereocenters. The Hall–Kier alpha value is -1.13. The van der Waals surface area contributed by atoms with Gasteiger partial charge in [0, 0.05) is 4.47 Å². The van der Waals surface area contributed by atoms with Gasteiger partial charge in [-0.15, -0.1) is 0 Å². The van der Waals surface area contributed by atoms with Crippen LogP contribution in [0.5, 0.6) is 0 Å². The summed E-state index contributed by atoms with van der Waals surface area (Å²) in [4.78, 5) is 26.3. The fourth-order valence-corrected chi connectivity index (χ4v) is 3.53. The zero-order valence-corrected chi connectivity index (χ0v) is 13.2. The van der Waals surface area contributed by atoms with Crippen molar-refractivity contribution in [3.63, 3.8) is 0 Å². The van der Waals surface area contributed by atoms with E-state index in [-0.39, 0.29) is 23.7 Å². The molecule has 5 heteroatoms. The van der Waals surface area contributed by atoms with Crippen LogP contribution in [0, 0.1) is 18.8 Å². The van der Waals surface area contributed by atoms with Crippen LogP contribution in [0.3, 0.4) is 0 Å². The average Bonchev–Trinajstić information content (AvgIpc) is 2.68. The van der Waals surface area contributed by atoms with Crippen LogP contribution in [0.4, 0.5) is 5.69 Å². The van der Waals surface area contributed by atoms with Crippen LogP contribution < -0.4 is 4.90 Å². The van der Waals surface area contributed by atoms with Crippen LogP contribution in [0.25, 0.3) is 0 Å². The average molecular weight is 355 g/mol. The number of amides is 2. The summed E-state index contributed by atoms with van der Waals surface area (Å²) in [7, 11) is 0. The minimum absolute atomic E-state index is 0.106. The number of imide groups is 1. The van der Waals surface area contributed by atoms with Crippen molar-refractivity contribution in [2.45, 2.75) is 19.8 Å². The number of nitrogens with zero attached hydrogens (tertiary/aromatic N) is 1. The van der Waals surface area contributed by atoms with E-state index in [1.54, 1.807) is 6.07 Å². The topological polar surface area (TPSA) is 37.4 Å². The van der Waals surface area contributed by atoms with Gasteiger partial charge in [0.05, 0.1) is 22.5 Å². The molecule has 1 heterocycles. The summed E-state index contributed by atoms with van der Waals surface area (Å²) in [6, 6.07) is 3.51. The molecular formula is C15H13BrClNO2. The third-order valence-electron chi connectivity index (χ3n) is 3.99. The highest BCUT2D eigenvalue weighted by molar-refractivity contribution is 9.10. The van der Waals surface area contributed by atoms with Gasteiger partial charge < -0.3 is 0 Å². The van der Waals surface area contributed by atoms with Crippen molar-refractivity contribution < 1.29 is 9.59 Å². The predicted octanol–water partition coefficient (Wildman–Crippen LogP) is 3.87. The van der Waals surface area contributed by atoms with Crippen LogP contribution in [0.15, 0.2) is 28.8 Å². The van der Waals surface area contributed by atoms with Crippen molar-refractivity contribution in [1.82, 2.24) is 0 Å². The SMILES string of the molecule is Cc1cc(Br)c(Cl)cc1N1C(=O)[C@@H]2CC=CC[C@H]2C1=O. The number of carbonyl (C=O) groups excluding carboxylic acids is 2. The third-order valence-corrected chi connectivity index (χ3v) is 5.18. The molecule has 2 aliphatic rings. The van der Waals surface area contributed by atoms with Crippen LogP contribution in [-0.4, -0.2) is 11.8 Å². The van der Waals surface area contributed by atoms with Gasteiger partial charge in [0.2, 0.25) is 11.8 Å². The first-order valence-electron chi connectivity index (χ1n) is 6.49. The lowest BCUT2D eigenvalue weighted by molar-refractivity contribution is -0.122. The molecule has 0 N–H and O–H groups in total. The Morgan fingerprint density at radius 1 is 1.15 bits per heavy atom. The van der Waals surface area contributed by atoms with Crippen molar-refractivity contribution in [1.29, 1.82) is 0 Å². The predicted molar refractivity (Wildman–Crippen MR) is 81.7 cm³/mol. The Kier molecular flexibility index (Phi) is 3.46. The number of aryl methyl sites for hydroxylation is 1. The molecule has 0 aromatic heterocycles. The second-order valence-electron chi connectivity index (χ2n) is 5.22. The lowest BCUT2D eigenvalue weighted by Crippen LogP contribution is -2.31. The highest BCUT2D eigenvalue weighted by Crippen LogP contribution is 2.40.